The molecule has 25 heteroatoms. The van der Waals surface area contributed by atoms with E-state index in [9.17, 15) is 10.2 Å². The van der Waals surface area contributed by atoms with Crippen LogP contribution in [0.2, 0.25) is 0 Å². The number of phenols is 2. The Hall–Kier alpha value is -11.6. The largest absolute Gasteiger partial charge is 0.504 e. The lowest BCUT2D eigenvalue weighted by Crippen LogP contribution is -2.71. The number of amides is 2. The highest BCUT2D eigenvalue weighted by Gasteiger charge is 2.55. The van der Waals surface area contributed by atoms with Gasteiger partial charge in [0, 0.05) is 42.2 Å². The summed E-state index contributed by atoms with van der Waals surface area (Å²) in [7, 11) is 3.10. The van der Waals surface area contributed by atoms with E-state index >= 15 is 19.2 Å². The van der Waals surface area contributed by atoms with Crippen molar-refractivity contribution in [3.63, 3.8) is 0 Å². The molecular weight excluding hydrogens is 1430 g/mol. The highest BCUT2D eigenvalue weighted by Crippen LogP contribution is 2.45. The van der Waals surface area contributed by atoms with E-state index in [0.717, 1.165) is 28.5 Å². The second-order valence-corrected chi connectivity index (χ2v) is 27.4. The molecule has 0 radical (unpaired) electrons. The Balaban J connectivity index is 0.888. The van der Waals surface area contributed by atoms with Gasteiger partial charge in [0.25, 0.3) is 17.0 Å². The molecule has 1 saturated heterocycles. The van der Waals surface area contributed by atoms with Gasteiger partial charge < -0.3 is 68.0 Å². The maximum atomic E-state index is 15.9. The highest BCUT2D eigenvalue weighted by atomic mass is 32.2. The number of benzene rings is 9. The molecule has 9 aromatic carbocycles. The number of methoxy groups -OCH3 is 2. The molecule has 2 aliphatic rings. The third kappa shape index (κ3) is 17.6. The van der Waals surface area contributed by atoms with Gasteiger partial charge >= 0.3 is 11.9 Å². The minimum atomic E-state index is -1.78. The van der Waals surface area contributed by atoms with Crippen LogP contribution in [0.4, 0.5) is 5.13 Å². The zero-order valence-corrected chi connectivity index (χ0v) is 60.9. The van der Waals surface area contributed by atoms with E-state index in [4.69, 9.17) is 52.1 Å². The summed E-state index contributed by atoms with van der Waals surface area (Å²) < 4.78 is 53.2. The van der Waals surface area contributed by atoms with Gasteiger partial charge in [-0.2, -0.15) is 0 Å². The number of ether oxygens (including phenoxy) is 8. The number of hydrogen-bond acceptors (Lipinski definition) is 23. The summed E-state index contributed by atoms with van der Waals surface area (Å²) in [5.41, 5.74) is 4.71. The fourth-order valence-electron chi connectivity index (χ4n) is 12.2. The van der Waals surface area contributed by atoms with Gasteiger partial charge in [0.2, 0.25) is 6.10 Å². The molecule has 550 valence electrons. The fraction of sp³-hybridized carbons (Fsp3) is 0.193. The zero-order chi connectivity index (χ0) is 74.6. The molecule has 11 aromatic rings. The van der Waals surface area contributed by atoms with Crippen LogP contribution in [-0.4, -0.2) is 132 Å². The van der Waals surface area contributed by atoms with Crippen LogP contribution >= 0.6 is 34.9 Å². The fourth-order valence-corrected chi connectivity index (χ4v) is 15.3. The number of oxazole rings is 1. The number of rotatable bonds is 35. The van der Waals surface area contributed by atoms with E-state index in [1.54, 1.807) is 37.8 Å². The summed E-state index contributed by atoms with van der Waals surface area (Å²) in [5.74, 6) is -3.12. The second kappa shape index (κ2) is 36.2. The molecule has 0 saturated carbocycles. The van der Waals surface area contributed by atoms with Gasteiger partial charge in [-0.05, 0) is 74.8 Å². The number of thioether (sulfide) groups is 2. The molecule has 4 N–H and O–H groups in total. The molecule has 0 aliphatic carbocycles. The lowest BCUT2D eigenvalue weighted by atomic mass is 9.77. The summed E-state index contributed by atoms with van der Waals surface area (Å²) >= 11 is 3.64. The molecular formula is C83H74N6O16S3. The maximum Gasteiger partial charge on any atom is 0.356 e. The number of hydrogen-bond donors (Lipinski definition) is 4. The topological polar surface area (TPSA) is 270 Å². The molecule has 3 atom stereocenters. The van der Waals surface area contributed by atoms with E-state index in [0.29, 0.717) is 50.9 Å². The van der Waals surface area contributed by atoms with Crippen molar-refractivity contribution in [2.75, 3.05) is 71.1 Å². The minimum absolute atomic E-state index is 0.0238. The van der Waals surface area contributed by atoms with Crippen LogP contribution in [0.1, 0.15) is 68.5 Å². The molecule has 22 nitrogen and oxygen atoms in total. The third-order valence-corrected chi connectivity index (χ3v) is 20.6. The number of aromatic hydroxyl groups is 2. The van der Waals surface area contributed by atoms with Crippen LogP contribution in [0, 0.1) is 0 Å². The normalized spacial score (nSPS) is 14.5. The quantitative estimate of drug-likeness (QED) is 0.00331. The van der Waals surface area contributed by atoms with Crippen LogP contribution < -0.4 is 20.1 Å². The molecule has 0 spiro atoms. The molecule has 2 aliphatic heterocycles. The molecule has 4 heterocycles. The van der Waals surface area contributed by atoms with Crippen LogP contribution in [-0.2, 0) is 58.0 Å². The number of β-lactam (4-membered cyclic amide) rings is 1. The first-order chi connectivity index (χ1) is 53.0. The summed E-state index contributed by atoms with van der Waals surface area (Å²) in [4.78, 5) is 79.6. The Morgan fingerprint density at radius 1 is 0.630 bits per heavy atom. The molecule has 108 heavy (non-hydrogen) atoms. The number of carbonyl (C=O) groups is 4. The number of carbonyl (C=O) groups excluding carboxylic acids is 4. The molecule has 0 bridgehead atoms. The molecule has 13 rings (SSSR count). The number of oxime groups is 1. The van der Waals surface area contributed by atoms with Crippen LogP contribution in [0.15, 0.2) is 286 Å². The first-order valence-corrected chi connectivity index (χ1v) is 37.3. The number of anilines is 1. The Morgan fingerprint density at radius 3 is 1.69 bits per heavy atom. The Labute approximate surface area is 635 Å². The molecule has 1 fully saturated rings. The smallest absolute Gasteiger partial charge is 0.356 e. The molecule has 1 unspecified atom stereocenters. The van der Waals surface area contributed by atoms with Crippen molar-refractivity contribution in [1.82, 2.24) is 20.2 Å². The first kappa shape index (κ1) is 74.7. The van der Waals surface area contributed by atoms with Gasteiger partial charge in [-0.15, -0.1) is 23.1 Å². The summed E-state index contributed by atoms with van der Waals surface area (Å²) in [6, 6.07) is 74.0. The first-order valence-electron chi connectivity index (χ1n) is 34.3. The van der Waals surface area contributed by atoms with Gasteiger partial charge in [0.05, 0.1) is 32.6 Å². The van der Waals surface area contributed by atoms with Gasteiger partial charge in [-0.3, -0.25) is 14.5 Å². The lowest BCUT2D eigenvalue weighted by Gasteiger charge is -2.49. The van der Waals surface area contributed by atoms with Crippen molar-refractivity contribution in [3.05, 3.63) is 322 Å². The number of nitrogens with one attached hydrogen (secondary N) is 2. The van der Waals surface area contributed by atoms with Crippen molar-refractivity contribution in [1.29, 1.82) is 0 Å². The highest BCUT2D eigenvalue weighted by molar-refractivity contribution is 8.01. The predicted molar refractivity (Wildman–Crippen MR) is 408 cm³/mol. The van der Waals surface area contributed by atoms with Crippen molar-refractivity contribution < 1.29 is 76.5 Å². The van der Waals surface area contributed by atoms with Crippen LogP contribution in [0.3, 0.4) is 0 Å². The Kier molecular flexibility index (Phi) is 25.0. The molecule has 2 amide bonds. The summed E-state index contributed by atoms with van der Waals surface area (Å²) in [6.07, 6.45) is -2.20. The number of nitrogens with zero attached hydrogens (tertiary/aromatic N) is 4. The number of esters is 2. The lowest BCUT2D eigenvalue weighted by molar-refractivity contribution is -0.162. The van der Waals surface area contributed by atoms with E-state index in [-0.39, 0.29) is 90.1 Å². The van der Waals surface area contributed by atoms with Crippen LogP contribution in [0.5, 0.6) is 23.0 Å². The van der Waals surface area contributed by atoms with E-state index in [1.807, 2.05) is 212 Å². The number of fused-ring (bicyclic) bond motifs is 1. The maximum absolute atomic E-state index is 15.9. The predicted octanol–water partition coefficient (Wildman–Crippen LogP) is 14.2. The van der Waals surface area contributed by atoms with Crippen molar-refractivity contribution >= 4 is 69.5 Å². The van der Waals surface area contributed by atoms with Gasteiger partial charge in [0.15, 0.2) is 65.4 Å². The van der Waals surface area contributed by atoms with E-state index in [2.05, 4.69) is 20.8 Å². The summed E-state index contributed by atoms with van der Waals surface area (Å²) in [5, 5.41) is 32.9. The number of phenolic OH excluding ortho intramolecular Hbond substituents is 2. The minimum Gasteiger partial charge on any atom is -0.504 e. The number of aromatic nitrogens is 2. The number of thiazole rings is 1. The Morgan fingerprint density at radius 2 is 1.16 bits per heavy atom. The molecule has 2 aromatic heterocycles. The zero-order valence-electron chi connectivity index (χ0n) is 58.5. The Bertz CT molecular complexity index is 4720. The second-order valence-electron chi connectivity index (χ2n) is 24.5. The standard InChI is InChI=1S/C83H74N6O16S3/c1-96-42-44-98-52-100-67-41-39-59(47-68(67)101-53-99-45-43-97-2)75(80(95)104-74(56-28-14-5-15-29-56)57-30-16-6-17-31-57)105-88-70(64-51-107-81(85-64)87-83(61-32-18-7-19-33-61,62-34-20-8-21-35-62)63-36-22-9-23-37-63)76(92)86-71-77(93)89-72(79(94)103-73(54-24-10-3-11-25-54)55-26-12-4-13-27-55)60(49-106-78(71)89)50-108-82-84-48-69(102-82)58-38-40-65(90)66(91)46-58/h3-41,46-48,51,71,73-75,78,90-91H,42-45,49-50,52-53H2,1-2H3,(H,85,87)(H,86,92)/t71-,75?,78-/m1/s1. The monoisotopic (exact) mass is 1510 g/mol. The third-order valence-electron chi connectivity index (χ3n) is 17.6. The SMILES string of the molecule is COCCOCOc1ccc(C(ON=C(C(=O)N[C@@H]2C(=O)N3C(C(=O)OC(c4ccccc4)c4ccccc4)=C(CSc4ncc(-c5ccc(O)c(O)c5)o4)CS[C@H]23)c2csc(NC(c3ccccc3)(c3ccccc3)c3ccccc3)n2)C(=O)OC(c2ccccc2)c2ccccc2)cc1OCOCCOC. The van der Waals surface area contributed by atoms with E-state index in [1.165, 1.54) is 52.4 Å². The van der Waals surface area contributed by atoms with Gasteiger partial charge in [-0.1, -0.05) is 235 Å². The average Bonchev–Trinajstić information content (AvgIpc) is 0.782. The summed E-state index contributed by atoms with van der Waals surface area (Å²) in [6.45, 7) is 0.529. The van der Waals surface area contributed by atoms with Crippen molar-refractivity contribution in [3.8, 4) is 34.3 Å². The van der Waals surface area contributed by atoms with Gasteiger partial charge in [0.1, 0.15) is 28.3 Å². The van der Waals surface area contributed by atoms with E-state index < -0.39 is 64.7 Å². The van der Waals surface area contributed by atoms with Gasteiger partial charge in [-0.25, -0.2) is 19.6 Å². The van der Waals surface area contributed by atoms with Crippen molar-refractivity contribution in [2.45, 2.75) is 40.5 Å². The van der Waals surface area contributed by atoms with Crippen LogP contribution in [0.25, 0.3) is 11.3 Å². The van der Waals surface area contributed by atoms with Crippen molar-refractivity contribution in [2.24, 2.45) is 5.16 Å². The average molecular weight is 1510 g/mol.